The van der Waals surface area contributed by atoms with Crippen LogP contribution in [0.4, 0.5) is 5.82 Å². The minimum absolute atomic E-state index is 0.123. The van der Waals surface area contributed by atoms with Crippen molar-refractivity contribution in [1.29, 1.82) is 0 Å². The summed E-state index contributed by atoms with van der Waals surface area (Å²) in [4.78, 5) is 20.2. The third kappa shape index (κ3) is 4.43. The van der Waals surface area contributed by atoms with E-state index >= 15 is 0 Å². The molecule has 0 aliphatic rings. The summed E-state index contributed by atoms with van der Waals surface area (Å²) in [6.45, 7) is -0.123. The Labute approximate surface area is 151 Å². The molecular formula is C20H19N3O3. The van der Waals surface area contributed by atoms with Gasteiger partial charge >= 0.3 is 0 Å². The van der Waals surface area contributed by atoms with Crippen molar-refractivity contribution in [3.63, 3.8) is 0 Å². The number of hydrogen-bond donors (Lipinski definition) is 1. The number of benzene rings is 2. The lowest BCUT2D eigenvalue weighted by molar-refractivity contribution is -0.122. The third-order valence-electron chi connectivity index (χ3n) is 3.74. The lowest BCUT2D eigenvalue weighted by Crippen LogP contribution is -2.21. The van der Waals surface area contributed by atoms with E-state index in [1.165, 1.54) is 19.6 Å². The van der Waals surface area contributed by atoms with Gasteiger partial charge in [-0.05, 0) is 11.1 Å². The van der Waals surface area contributed by atoms with E-state index in [1.807, 2.05) is 60.7 Å². The van der Waals surface area contributed by atoms with Crippen molar-refractivity contribution in [2.24, 2.45) is 0 Å². The number of carbonyl (C=O) groups is 1. The Kier molecular flexibility index (Phi) is 5.90. The second-order valence-corrected chi connectivity index (χ2v) is 5.50. The fourth-order valence-corrected chi connectivity index (χ4v) is 2.53. The van der Waals surface area contributed by atoms with E-state index in [4.69, 9.17) is 9.47 Å². The van der Waals surface area contributed by atoms with Gasteiger partial charge in [0.05, 0.1) is 13.3 Å². The van der Waals surface area contributed by atoms with Crippen molar-refractivity contribution in [1.82, 2.24) is 9.97 Å². The van der Waals surface area contributed by atoms with Crippen molar-refractivity contribution in [3.8, 4) is 5.75 Å². The van der Waals surface area contributed by atoms with Gasteiger partial charge in [0, 0.05) is 0 Å². The smallest absolute Gasteiger partial charge is 0.251 e. The highest BCUT2D eigenvalue weighted by Gasteiger charge is 2.17. The Bertz CT molecular complexity index is 802. The Hall–Kier alpha value is -3.25. The van der Waals surface area contributed by atoms with Gasteiger partial charge in [0.2, 0.25) is 0 Å². The van der Waals surface area contributed by atoms with Crippen LogP contribution in [-0.4, -0.2) is 29.6 Å². The standard InChI is InChI=1S/C20H19N3O3/c1-25-17-12-21-14-22-20(17)23-18(24)13-26-19(15-8-4-2-5-9-15)16-10-6-3-7-11-16/h2-12,14,19H,13H2,1H3,(H,21,22,23,24). The molecule has 1 N–H and O–H groups in total. The molecule has 26 heavy (non-hydrogen) atoms. The summed E-state index contributed by atoms with van der Waals surface area (Å²) < 4.78 is 11.1. The first-order valence-electron chi connectivity index (χ1n) is 8.13. The van der Waals surface area contributed by atoms with Crippen molar-refractivity contribution in [3.05, 3.63) is 84.3 Å². The molecule has 1 heterocycles. The zero-order chi connectivity index (χ0) is 18.2. The van der Waals surface area contributed by atoms with Gasteiger partial charge in [-0.3, -0.25) is 4.79 Å². The monoisotopic (exact) mass is 349 g/mol. The van der Waals surface area contributed by atoms with Gasteiger partial charge in [-0.15, -0.1) is 0 Å². The fourth-order valence-electron chi connectivity index (χ4n) is 2.53. The highest BCUT2D eigenvalue weighted by molar-refractivity contribution is 5.91. The molecule has 0 unspecified atom stereocenters. The van der Waals surface area contributed by atoms with Gasteiger partial charge in [-0.1, -0.05) is 60.7 Å². The predicted molar refractivity (Wildman–Crippen MR) is 97.9 cm³/mol. The highest BCUT2D eigenvalue weighted by atomic mass is 16.5. The first-order valence-corrected chi connectivity index (χ1v) is 8.13. The average molecular weight is 349 g/mol. The quantitative estimate of drug-likeness (QED) is 0.709. The minimum Gasteiger partial charge on any atom is -0.491 e. The predicted octanol–water partition coefficient (Wildman–Crippen LogP) is 3.23. The van der Waals surface area contributed by atoms with E-state index in [1.54, 1.807) is 0 Å². The van der Waals surface area contributed by atoms with E-state index < -0.39 is 0 Å². The van der Waals surface area contributed by atoms with E-state index in [0.717, 1.165) is 11.1 Å². The summed E-state index contributed by atoms with van der Waals surface area (Å²) in [6, 6.07) is 19.6. The van der Waals surface area contributed by atoms with Crippen LogP contribution in [-0.2, 0) is 9.53 Å². The Morgan fingerprint density at radius 1 is 1.04 bits per heavy atom. The molecule has 0 aliphatic heterocycles. The zero-order valence-electron chi connectivity index (χ0n) is 14.3. The highest BCUT2D eigenvalue weighted by Crippen LogP contribution is 2.26. The van der Waals surface area contributed by atoms with Crippen molar-refractivity contribution in [2.75, 3.05) is 19.0 Å². The molecule has 1 aromatic heterocycles. The van der Waals surface area contributed by atoms with Crippen molar-refractivity contribution >= 4 is 11.7 Å². The molecule has 3 aromatic rings. The summed E-state index contributed by atoms with van der Waals surface area (Å²) in [5, 5.41) is 2.68. The number of nitrogens with one attached hydrogen (secondary N) is 1. The van der Waals surface area contributed by atoms with Gasteiger partial charge in [0.15, 0.2) is 11.6 Å². The van der Waals surface area contributed by atoms with Crippen LogP contribution in [0.15, 0.2) is 73.2 Å². The second-order valence-electron chi connectivity index (χ2n) is 5.50. The number of hydrogen-bond acceptors (Lipinski definition) is 5. The van der Waals surface area contributed by atoms with Crippen LogP contribution < -0.4 is 10.1 Å². The maximum Gasteiger partial charge on any atom is 0.251 e. The molecule has 0 spiro atoms. The van der Waals surface area contributed by atoms with Gasteiger partial charge in [0.1, 0.15) is 19.0 Å². The summed E-state index contributed by atoms with van der Waals surface area (Å²) in [7, 11) is 1.49. The maximum absolute atomic E-state index is 12.3. The number of methoxy groups -OCH3 is 1. The molecule has 0 saturated heterocycles. The van der Waals surface area contributed by atoms with Crippen molar-refractivity contribution in [2.45, 2.75) is 6.10 Å². The van der Waals surface area contributed by atoms with Crippen LogP contribution in [0.1, 0.15) is 17.2 Å². The fraction of sp³-hybridized carbons (Fsp3) is 0.150. The summed E-state index contributed by atoms with van der Waals surface area (Å²) in [5.74, 6) is 0.384. The molecule has 0 aliphatic carbocycles. The van der Waals surface area contributed by atoms with E-state index in [9.17, 15) is 4.79 Å². The van der Waals surface area contributed by atoms with E-state index in [2.05, 4.69) is 15.3 Å². The van der Waals surface area contributed by atoms with Gasteiger partial charge in [0.25, 0.3) is 5.91 Å². The van der Waals surface area contributed by atoms with Crippen LogP contribution in [0.5, 0.6) is 5.75 Å². The number of rotatable bonds is 7. The third-order valence-corrected chi connectivity index (χ3v) is 3.74. The van der Waals surface area contributed by atoms with Gasteiger partial charge in [-0.2, -0.15) is 0 Å². The van der Waals surface area contributed by atoms with Crippen LogP contribution >= 0.6 is 0 Å². The van der Waals surface area contributed by atoms with Gasteiger partial charge < -0.3 is 14.8 Å². The lowest BCUT2D eigenvalue weighted by Gasteiger charge is -2.19. The van der Waals surface area contributed by atoms with Crippen LogP contribution in [0.3, 0.4) is 0 Å². The molecule has 0 radical (unpaired) electrons. The molecule has 1 amide bonds. The van der Waals surface area contributed by atoms with Crippen LogP contribution in [0.2, 0.25) is 0 Å². The Morgan fingerprint density at radius 3 is 2.23 bits per heavy atom. The summed E-state index contributed by atoms with van der Waals surface area (Å²) in [6.07, 6.45) is 2.49. The normalized spacial score (nSPS) is 10.5. The molecular weight excluding hydrogens is 330 g/mol. The second kappa shape index (κ2) is 8.73. The van der Waals surface area contributed by atoms with Gasteiger partial charge in [-0.25, -0.2) is 9.97 Å². The van der Waals surface area contributed by atoms with Crippen molar-refractivity contribution < 1.29 is 14.3 Å². The Balaban J connectivity index is 1.71. The summed E-state index contributed by atoms with van der Waals surface area (Å²) in [5.41, 5.74) is 1.96. The minimum atomic E-state index is -0.338. The molecule has 3 rings (SSSR count). The van der Waals surface area contributed by atoms with Crippen LogP contribution in [0, 0.1) is 0 Å². The first-order chi connectivity index (χ1) is 12.8. The number of ether oxygens (including phenoxy) is 2. The zero-order valence-corrected chi connectivity index (χ0v) is 14.3. The average Bonchev–Trinajstić information content (AvgIpc) is 2.70. The molecule has 132 valence electrons. The number of carbonyl (C=O) groups excluding carboxylic acids is 1. The lowest BCUT2D eigenvalue weighted by atomic mass is 10.0. The van der Waals surface area contributed by atoms with E-state index in [0.29, 0.717) is 11.6 Å². The number of aromatic nitrogens is 2. The number of nitrogens with zero attached hydrogens (tertiary/aromatic N) is 2. The maximum atomic E-state index is 12.3. The molecule has 2 aromatic carbocycles. The first kappa shape index (κ1) is 17.6. The van der Waals surface area contributed by atoms with E-state index in [-0.39, 0.29) is 18.6 Å². The van der Waals surface area contributed by atoms with Crippen LogP contribution in [0.25, 0.3) is 0 Å². The Morgan fingerprint density at radius 2 is 1.65 bits per heavy atom. The number of amides is 1. The SMILES string of the molecule is COc1cncnc1NC(=O)COC(c1ccccc1)c1ccccc1. The molecule has 0 fully saturated rings. The largest absolute Gasteiger partial charge is 0.491 e. The summed E-state index contributed by atoms with van der Waals surface area (Å²) >= 11 is 0. The molecule has 6 heteroatoms. The molecule has 0 saturated carbocycles. The number of anilines is 1. The topological polar surface area (TPSA) is 73.3 Å². The molecule has 0 atom stereocenters. The molecule has 0 bridgehead atoms. The molecule has 6 nitrogen and oxygen atoms in total.